The zero-order chi connectivity index (χ0) is 14.1. The van der Waals surface area contributed by atoms with Crippen LogP contribution in [0.5, 0.6) is 0 Å². The number of carbonyl (C=O) groups excluding carboxylic acids is 1. The monoisotopic (exact) mass is 303 g/mol. The minimum atomic E-state index is 0. The van der Waals surface area contributed by atoms with Gasteiger partial charge in [-0.25, -0.2) is 0 Å². The number of amides is 1. The van der Waals surface area contributed by atoms with E-state index in [1.54, 1.807) is 18.3 Å². The number of nitrogen functional groups attached to an aromatic ring is 1. The Hall–Kier alpha value is -2.07. The van der Waals surface area contributed by atoms with Crippen molar-refractivity contribution in [2.75, 3.05) is 10.6 Å². The first-order valence-electron chi connectivity index (χ1n) is 6.75. The predicted molar refractivity (Wildman–Crippen MR) is 86.7 cm³/mol. The summed E-state index contributed by atoms with van der Waals surface area (Å²) in [6, 6.07) is 11.9. The van der Waals surface area contributed by atoms with Crippen LogP contribution in [0.15, 0.2) is 42.6 Å². The molecule has 0 fully saturated rings. The van der Waals surface area contributed by atoms with Crippen LogP contribution in [0.1, 0.15) is 18.2 Å². The number of carbonyl (C=O) groups is 1. The lowest BCUT2D eigenvalue weighted by molar-refractivity contribution is -0.118. The first-order chi connectivity index (χ1) is 9.65. The van der Waals surface area contributed by atoms with Gasteiger partial charge in [-0.1, -0.05) is 18.2 Å². The summed E-state index contributed by atoms with van der Waals surface area (Å²) in [5.74, 6) is 0.0831. The molecule has 4 nitrogen and oxygen atoms in total. The van der Waals surface area contributed by atoms with Crippen LogP contribution < -0.4 is 10.6 Å². The third-order valence-corrected chi connectivity index (χ3v) is 3.66. The Morgan fingerprint density at radius 1 is 1.33 bits per heavy atom. The number of aromatic nitrogens is 1. The van der Waals surface area contributed by atoms with Gasteiger partial charge in [-0.15, -0.1) is 12.4 Å². The number of rotatable bonds is 2. The highest BCUT2D eigenvalue weighted by atomic mass is 35.5. The van der Waals surface area contributed by atoms with E-state index in [-0.39, 0.29) is 24.4 Å². The maximum atomic E-state index is 12.5. The van der Waals surface area contributed by atoms with Crippen LogP contribution >= 0.6 is 12.4 Å². The smallest absolute Gasteiger partial charge is 0.233 e. The number of para-hydroxylation sites is 1. The van der Waals surface area contributed by atoms with Crippen molar-refractivity contribution in [2.24, 2.45) is 0 Å². The Balaban J connectivity index is 0.00000161. The second-order valence-electron chi connectivity index (χ2n) is 5.21. The molecule has 2 heterocycles. The Morgan fingerprint density at radius 3 is 2.81 bits per heavy atom. The topological polar surface area (TPSA) is 59.2 Å². The third-order valence-electron chi connectivity index (χ3n) is 3.66. The molecule has 1 unspecified atom stereocenters. The van der Waals surface area contributed by atoms with E-state index in [0.717, 1.165) is 17.8 Å². The largest absolute Gasteiger partial charge is 0.397 e. The molecule has 110 valence electrons. The van der Waals surface area contributed by atoms with Gasteiger partial charge in [-0.05, 0) is 37.1 Å². The summed E-state index contributed by atoms with van der Waals surface area (Å²) >= 11 is 0. The molecule has 0 saturated heterocycles. The predicted octanol–water partition coefficient (Wildman–Crippen LogP) is 2.61. The lowest BCUT2D eigenvalue weighted by atomic mass is 10.1. The molecule has 21 heavy (non-hydrogen) atoms. The minimum absolute atomic E-state index is 0. The summed E-state index contributed by atoms with van der Waals surface area (Å²) in [5, 5.41) is 0. The molecular weight excluding hydrogens is 286 g/mol. The molecule has 0 bridgehead atoms. The summed E-state index contributed by atoms with van der Waals surface area (Å²) in [5.41, 5.74) is 9.23. The van der Waals surface area contributed by atoms with E-state index in [4.69, 9.17) is 5.73 Å². The van der Waals surface area contributed by atoms with Crippen LogP contribution in [-0.4, -0.2) is 16.9 Å². The Morgan fingerprint density at radius 2 is 2.10 bits per heavy atom. The van der Waals surface area contributed by atoms with Crippen LogP contribution in [0.3, 0.4) is 0 Å². The van der Waals surface area contributed by atoms with Crippen molar-refractivity contribution in [3.05, 3.63) is 53.9 Å². The molecule has 1 atom stereocenters. The third kappa shape index (κ3) is 3.00. The van der Waals surface area contributed by atoms with E-state index in [1.165, 1.54) is 5.56 Å². The molecule has 0 saturated carbocycles. The molecule has 1 aliphatic rings. The van der Waals surface area contributed by atoms with Gasteiger partial charge in [-0.3, -0.25) is 9.78 Å². The van der Waals surface area contributed by atoms with Gasteiger partial charge in [0.15, 0.2) is 0 Å². The van der Waals surface area contributed by atoms with Crippen LogP contribution in [0.2, 0.25) is 0 Å². The van der Waals surface area contributed by atoms with Gasteiger partial charge in [0, 0.05) is 17.4 Å². The molecule has 0 radical (unpaired) electrons. The molecule has 0 spiro atoms. The second-order valence-corrected chi connectivity index (χ2v) is 5.21. The maximum absolute atomic E-state index is 12.5. The molecule has 2 N–H and O–H groups in total. The quantitative estimate of drug-likeness (QED) is 0.927. The van der Waals surface area contributed by atoms with E-state index in [0.29, 0.717) is 12.1 Å². The van der Waals surface area contributed by atoms with Crippen LogP contribution in [0.25, 0.3) is 0 Å². The summed E-state index contributed by atoms with van der Waals surface area (Å²) in [6.45, 7) is 2.08. The lowest BCUT2D eigenvalue weighted by Gasteiger charge is -2.22. The van der Waals surface area contributed by atoms with E-state index in [2.05, 4.69) is 18.0 Å². The van der Waals surface area contributed by atoms with Crippen molar-refractivity contribution in [2.45, 2.75) is 25.8 Å². The molecule has 0 aliphatic carbocycles. The van der Waals surface area contributed by atoms with Gasteiger partial charge in [-0.2, -0.15) is 0 Å². The second kappa shape index (κ2) is 6.14. The van der Waals surface area contributed by atoms with E-state index >= 15 is 0 Å². The number of fused-ring (bicyclic) bond motifs is 1. The average molecular weight is 304 g/mol. The summed E-state index contributed by atoms with van der Waals surface area (Å²) in [4.78, 5) is 18.6. The van der Waals surface area contributed by atoms with Gasteiger partial charge in [0.2, 0.25) is 5.91 Å². The molecule has 3 rings (SSSR count). The first kappa shape index (κ1) is 15.3. The molecule has 5 heteroatoms. The van der Waals surface area contributed by atoms with Crippen molar-refractivity contribution >= 4 is 29.7 Å². The molecule has 1 aliphatic heterocycles. The van der Waals surface area contributed by atoms with E-state index in [9.17, 15) is 4.79 Å². The van der Waals surface area contributed by atoms with Crippen molar-refractivity contribution in [3.63, 3.8) is 0 Å². The number of benzene rings is 1. The van der Waals surface area contributed by atoms with Crippen LogP contribution in [-0.2, 0) is 17.6 Å². The summed E-state index contributed by atoms with van der Waals surface area (Å²) in [7, 11) is 0. The zero-order valence-corrected chi connectivity index (χ0v) is 12.6. The van der Waals surface area contributed by atoms with E-state index in [1.807, 2.05) is 23.1 Å². The standard InChI is InChI=1S/C16H17N3O.ClH/c1-11-8-12-4-2-3-5-15(12)19(11)16(20)9-14-7-6-13(17)10-18-14;/h2-7,10-11H,8-9,17H2,1H3;1H. The number of hydrogen-bond donors (Lipinski definition) is 1. The number of halogens is 1. The van der Waals surface area contributed by atoms with Gasteiger partial charge in [0.05, 0.1) is 18.3 Å². The number of anilines is 2. The van der Waals surface area contributed by atoms with Crippen LogP contribution in [0, 0.1) is 0 Å². The van der Waals surface area contributed by atoms with Gasteiger partial charge in [0.1, 0.15) is 0 Å². The number of pyridine rings is 1. The highest BCUT2D eigenvalue weighted by Gasteiger charge is 2.30. The molecule has 1 amide bonds. The molecule has 1 aromatic carbocycles. The number of hydrogen-bond acceptors (Lipinski definition) is 3. The highest BCUT2D eigenvalue weighted by molar-refractivity contribution is 5.97. The fourth-order valence-corrected chi connectivity index (χ4v) is 2.73. The first-order valence-corrected chi connectivity index (χ1v) is 6.75. The number of nitrogens with two attached hydrogens (primary N) is 1. The summed E-state index contributed by atoms with van der Waals surface area (Å²) in [6.07, 6.45) is 2.81. The average Bonchev–Trinajstić information content (AvgIpc) is 2.77. The fourth-order valence-electron chi connectivity index (χ4n) is 2.73. The Bertz CT molecular complexity index is 642. The number of nitrogens with zero attached hydrogens (tertiary/aromatic N) is 2. The molecule has 2 aromatic rings. The zero-order valence-electron chi connectivity index (χ0n) is 11.8. The normalized spacial score (nSPS) is 16.2. The maximum Gasteiger partial charge on any atom is 0.233 e. The Labute approximate surface area is 130 Å². The lowest BCUT2D eigenvalue weighted by Crippen LogP contribution is -2.36. The van der Waals surface area contributed by atoms with Crippen LogP contribution in [0.4, 0.5) is 11.4 Å². The fraction of sp³-hybridized carbons (Fsp3) is 0.250. The minimum Gasteiger partial charge on any atom is -0.397 e. The van der Waals surface area contributed by atoms with Gasteiger partial charge < -0.3 is 10.6 Å². The van der Waals surface area contributed by atoms with Crippen molar-refractivity contribution < 1.29 is 4.79 Å². The SMILES string of the molecule is CC1Cc2ccccc2N1C(=O)Cc1ccc(N)cn1.Cl. The van der Waals surface area contributed by atoms with Gasteiger partial charge in [0.25, 0.3) is 0 Å². The molecule has 1 aromatic heterocycles. The van der Waals surface area contributed by atoms with Crippen molar-refractivity contribution in [1.29, 1.82) is 0 Å². The highest BCUT2D eigenvalue weighted by Crippen LogP contribution is 2.32. The van der Waals surface area contributed by atoms with Crippen molar-refractivity contribution in [3.8, 4) is 0 Å². The van der Waals surface area contributed by atoms with E-state index < -0.39 is 0 Å². The molecular formula is C16H18ClN3O. The summed E-state index contributed by atoms with van der Waals surface area (Å²) < 4.78 is 0. The Kier molecular flexibility index (Phi) is 4.48. The van der Waals surface area contributed by atoms with Gasteiger partial charge >= 0.3 is 0 Å². The van der Waals surface area contributed by atoms with Crippen molar-refractivity contribution in [1.82, 2.24) is 4.98 Å².